The summed E-state index contributed by atoms with van der Waals surface area (Å²) in [6.07, 6.45) is -25.0. The van der Waals surface area contributed by atoms with Crippen molar-refractivity contribution >= 4 is 17.9 Å². The molecule has 0 unspecified atom stereocenters. The van der Waals surface area contributed by atoms with Crippen LogP contribution in [0.4, 0.5) is 0 Å². The van der Waals surface area contributed by atoms with Crippen molar-refractivity contribution in [3.63, 3.8) is 0 Å². The highest BCUT2D eigenvalue weighted by atomic mass is 16.8. The van der Waals surface area contributed by atoms with Crippen molar-refractivity contribution in [1.82, 2.24) is 0 Å². The molecule has 5 heterocycles. The van der Waals surface area contributed by atoms with E-state index in [2.05, 4.69) is 0 Å². The number of aliphatic hydroxyl groups excluding tert-OH is 8. The third-order valence-electron chi connectivity index (χ3n) is 13.2. The molecule has 388 valence electrons. The van der Waals surface area contributed by atoms with E-state index in [-0.39, 0.29) is 12.5 Å². The van der Waals surface area contributed by atoms with Gasteiger partial charge >= 0.3 is 17.9 Å². The molecule has 0 aliphatic carbocycles. The molecule has 0 spiro atoms. The molecule has 0 amide bonds. The van der Waals surface area contributed by atoms with Gasteiger partial charge in [0.05, 0.1) is 43.0 Å². The van der Waals surface area contributed by atoms with Crippen molar-refractivity contribution in [2.75, 3.05) is 6.61 Å². The third kappa shape index (κ3) is 14.4. The van der Waals surface area contributed by atoms with Crippen LogP contribution in [0.2, 0.25) is 0 Å². The molecular formula is C45H76O22. The minimum Gasteiger partial charge on any atom is -0.457 e. The predicted octanol–water partition coefficient (Wildman–Crippen LogP) is -0.259. The average molecular weight is 969 g/mol. The molecule has 0 aromatic carbocycles. The SMILES string of the molecule is CCC[C@H]1CCCCCCCCCC(=O)O[C@H]2[C@H](OC[C@H]3O[C@@H](O[C@H]4[C@H](O1)O[C@H](C)[C@@H](O)[C@@H]4O)[C@H](O[C@@H]1O[C@@H](C)[C@H](OC(C)=O)[C@@H](O)[C@H]1O)[C@@H](O)[C@@H]3O)O[C@H](C)[C@@H](O)[C@@H]2OC(=O)[C@H](C)[C@@H](C)O. The molecule has 5 saturated heterocycles. The van der Waals surface area contributed by atoms with Crippen LogP contribution in [0.3, 0.4) is 0 Å². The van der Waals surface area contributed by atoms with E-state index in [1.165, 1.54) is 27.7 Å². The van der Waals surface area contributed by atoms with E-state index >= 15 is 0 Å². The van der Waals surface area contributed by atoms with Gasteiger partial charge in [-0.2, -0.15) is 0 Å². The summed E-state index contributed by atoms with van der Waals surface area (Å²) in [6.45, 7) is 9.71. The maximum absolute atomic E-state index is 13.4. The number of ether oxygens (including phenoxy) is 11. The molecule has 0 saturated carbocycles. The third-order valence-corrected chi connectivity index (χ3v) is 13.2. The summed E-state index contributed by atoms with van der Waals surface area (Å²) < 4.78 is 65.9. The standard InChI is InChI=1S/C45H76O22/c1-8-16-26-17-14-12-10-9-11-13-15-18-28(48)64-40-37(65-41(56)20(2)21(3)46)30(50)23(5)58-43(40)57-19-27-31(51)33(53)39(66-42-35(55)34(54)36(24(6)60-42)61-25(7)47)45(63-27)67-38-32(52)29(49)22(4)59-44(38)62-26/h20-24,26-27,29-40,42-46,49-55H,8-19H2,1-7H3/t20-,21-,22-,23-,24+,26+,27-,29-,30-,31-,32+,33+,34+,35-,36+,37+,38-,39-,40-,42+,43-,44+,45+/m1/s1. The van der Waals surface area contributed by atoms with Gasteiger partial charge < -0.3 is 93.0 Å². The summed E-state index contributed by atoms with van der Waals surface area (Å²) in [5.74, 6) is -3.39. The smallest absolute Gasteiger partial charge is 0.311 e. The van der Waals surface area contributed by atoms with E-state index in [1.54, 1.807) is 6.92 Å². The van der Waals surface area contributed by atoms with Crippen LogP contribution < -0.4 is 0 Å². The number of carbonyl (C=O) groups excluding carboxylic acids is 3. The Morgan fingerprint density at radius 3 is 1.93 bits per heavy atom. The van der Waals surface area contributed by atoms with Crippen molar-refractivity contribution in [2.24, 2.45) is 5.92 Å². The van der Waals surface area contributed by atoms with Gasteiger partial charge in [0, 0.05) is 13.3 Å². The summed E-state index contributed by atoms with van der Waals surface area (Å²) in [4.78, 5) is 38.3. The first kappa shape index (κ1) is 55.7. The van der Waals surface area contributed by atoms with Crippen molar-refractivity contribution in [3.8, 4) is 0 Å². The second kappa shape index (κ2) is 25.8. The summed E-state index contributed by atoms with van der Waals surface area (Å²) in [5, 5.41) is 89.7. The number of aliphatic hydroxyl groups is 8. The molecule has 8 N–H and O–H groups in total. The molecule has 5 aliphatic heterocycles. The molecule has 2 bridgehead atoms. The average Bonchev–Trinajstić information content (AvgIpc) is 3.27. The fourth-order valence-electron chi connectivity index (χ4n) is 8.87. The van der Waals surface area contributed by atoms with Crippen LogP contribution in [0, 0.1) is 5.92 Å². The second-order valence-corrected chi connectivity index (χ2v) is 18.7. The van der Waals surface area contributed by atoms with E-state index in [1.807, 2.05) is 6.92 Å². The molecule has 0 aromatic heterocycles. The Bertz CT molecular complexity index is 1540. The summed E-state index contributed by atoms with van der Waals surface area (Å²) in [5.41, 5.74) is 0. The predicted molar refractivity (Wildman–Crippen MR) is 227 cm³/mol. The molecular weight excluding hydrogens is 892 g/mol. The summed E-state index contributed by atoms with van der Waals surface area (Å²) in [6, 6.07) is 0. The van der Waals surface area contributed by atoms with Gasteiger partial charge in [0.2, 0.25) is 0 Å². The Hall–Kier alpha value is -2.23. The Labute approximate surface area is 391 Å². The van der Waals surface area contributed by atoms with Crippen LogP contribution in [-0.4, -0.2) is 200 Å². The van der Waals surface area contributed by atoms with Crippen molar-refractivity contribution in [2.45, 2.75) is 254 Å². The second-order valence-electron chi connectivity index (χ2n) is 18.7. The van der Waals surface area contributed by atoms with Crippen molar-refractivity contribution in [1.29, 1.82) is 0 Å². The Morgan fingerprint density at radius 1 is 0.642 bits per heavy atom. The quantitative estimate of drug-likeness (QED) is 0.115. The zero-order valence-corrected chi connectivity index (χ0v) is 39.6. The molecule has 0 aromatic rings. The largest absolute Gasteiger partial charge is 0.457 e. The highest BCUT2D eigenvalue weighted by Crippen LogP contribution is 2.36. The molecule has 23 atom stereocenters. The Balaban J connectivity index is 1.50. The molecule has 5 aliphatic rings. The van der Waals surface area contributed by atoms with Crippen LogP contribution in [-0.2, 0) is 66.5 Å². The Kier molecular flexibility index (Phi) is 21.4. The lowest BCUT2D eigenvalue weighted by Crippen LogP contribution is -2.67. The van der Waals surface area contributed by atoms with E-state index in [9.17, 15) is 55.2 Å². The fraction of sp³-hybridized carbons (Fsp3) is 0.933. The van der Waals surface area contributed by atoms with E-state index in [0.717, 1.165) is 51.9 Å². The summed E-state index contributed by atoms with van der Waals surface area (Å²) >= 11 is 0. The summed E-state index contributed by atoms with van der Waals surface area (Å²) in [7, 11) is 0. The monoisotopic (exact) mass is 968 g/mol. The number of rotatable bonds is 8. The number of esters is 3. The van der Waals surface area contributed by atoms with Crippen LogP contribution in [0.5, 0.6) is 0 Å². The maximum atomic E-state index is 13.4. The fourth-order valence-corrected chi connectivity index (χ4v) is 8.87. The van der Waals surface area contributed by atoms with Gasteiger partial charge in [-0.15, -0.1) is 0 Å². The molecule has 0 radical (unpaired) electrons. The molecule has 22 heteroatoms. The Morgan fingerprint density at radius 2 is 1.27 bits per heavy atom. The maximum Gasteiger partial charge on any atom is 0.311 e. The number of fused-ring (bicyclic) bond motifs is 4. The lowest BCUT2D eigenvalue weighted by atomic mass is 9.96. The van der Waals surface area contributed by atoms with E-state index < -0.39 is 159 Å². The first-order valence-electron chi connectivity index (χ1n) is 23.9. The zero-order chi connectivity index (χ0) is 49.3. The van der Waals surface area contributed by atoms with Gasteiger partial charge in [-0.1, -0.05) is 51.9 Å². The van der Waals surface area contributed by atoms with Gasteiger partial charge in [-0.3, -0.25) is 14.4 Å². The van der Waals surface area contributed by atoms with Gasteiger partial charge in [0.15, 0.2) is 43.5 Å². The van der Waals surface area contributed by atoms with Crippen molar-refractivity contribution in [3.05, 3.63) is 0 Å². The highest BCUT2D eigenvalue weighted by Gasteiger charge is 2.56. The molecule has 22 nitrogen and oxygen atoms in total. The molecule has 67 heavy (non-hydrogen) atoms. The van der Waals surface area contributed by atoms with Gasteiger partial charge in [0.25, 0.3) is 0 Å². The van der Waals surface area contributed by atoms with Crippen LogP contribution >= 0.6 is 0 Å². The van der Waals surface area contributed by atoms with E-state index in [0.29, 0.717) is 19.3 Å². The first-order chi connectivity index (χ1) is 31.7. The topological polar surface area (TPSA) is 315 Å². The van der Waals surface area contributed by atoms with Crippen LogP contribution in [0.25, 0.3) is 0 Å². The first-order valence-corrected chi connectivity index (χ1v) is 23.9. The van der Waals surface area contributed by atoms with Gasteiger partial charge in [-0.05, 0) is 53.9 Å². The van der Waals surface area contributed by atoms with Crippen LogP contribution in [0.1, 0.15) is 119 Å². The number of hydrogen-bond acceptors (Lipinski definition) is 22. The highest BCUT2D eigenvalue weighted by molar-refractivity contribution is 5.73. The minimum atomic E-state index is -1.98. The van der Waals surface area contributed by atoms with Crippen molar-refractivity contribution < 1.29 is 107 Å². The molecule has 5 rings (SSSR count). The minimum absolute atomic E-state index is 0.0180. The number of carbonyl (C=O) groups is 3. The zero-order valence-electron chi connectivity index (χ0n) is 39.6. The number of hydrogen-bond donors (Lipinski definition) is 8. The lowest BCUT2D eigenvalue weighted by molar-refractivity contribution is -0.396. The van der Waals surface area contributed by atoms with E-state index in [4.69, 9.17) is 52.1 Å². The molecule has 5 fully saturated rings. The van der Waals surface area contributed by atoms with Crippen LogP contribution in [0.15, 0.2) is 0 Å². The normalized spacial score (nSPS) is 44.4. The van der Waals surface area contributed by atoms with Gasteiger partial charge in [-0.25, -0.2) is 0 Å². The lowest BCUT2D eigenvalue weighted by Gasteiger charge is -2.49. The van der Waals surface area contributed by atoms with Gasteiger partial charge in [0.1, 0.15) is 61.0 Å².